The second-order valence-electron chi connectivity index (χ2n) is 8.86. The lowest BCUT2D eigenvalue weighted by Crippen LogP contribution is -2.42. The van der Waals surface area contributed by atoms with E-state index in [2.05, 4.69) is 10.3 Å². The van der Waals surface area contributed by atoms with Gasteiger partial charge in [0.25, 0.3) is 0 Å². The number of halogens is 1. The molecule has 0 saturated carbocycles. The van der Waals surface area contributed by atoms with E-state index in [1.807, 2.05) is 0 Å². The number of primary amides is 1. The first-order valence-electron chi connectivity index (χ1n) is 12.3. The Morgan fingerprint density at radius 2 is 1.87 bits per heavy atom. The fourth-order valence-corrected chi connectivity index (χ4v) is 4.27. The second kappa shape index (κ2) is 12.5. The number of carbonyl (C=O) groups excluding carboxylic acids is 2. The average Bonchev–Trinajstić information content (AvgIpc) is 2.93. The number of ether oxygens (including phenoxy) is 4. The number of fused-ring (bicyclic) bond motifs is 1. The Morgan fingerprint density at radius 3 is 2.55 bits per heavy atom. The molecule has 0 bridgehead atoms. The van der Waals surface area contributed by atoms with Gasteiger partial charge in [0, 0.05) is 43.1 Å². The van der Waals surface area contributed by atoms with Crippen molar-refractivity contribution in [3.8, 4) is 23.0 Å². The Bertz CT molecular complexity index is 1300. The predicted octanol–water partition coefficient (Wildman–Crippen LogP) is 3.02. The van der Waals surface area contributed by atoms with E-state index < -0.39 is 17.6 Å². The standard InChI is InChI=1S/C27H31FN4O6/c1-35-12-11-32(27(34)26(29)33)18-3-4-23(20(28)13-18)38-22-7-10-31-21-15-25(24(36-2)14-19(21)22)37-16-17-5-8-30-9-6-17/h3-4,7,10,13-15,17,30H,5-6,8-9,11-12,16H2,1-2H3,(H2,29,33). The molecule has 38 heavy (non-hydrogen) atoms. The Kier molecular flexibility index (Phi) is 8.93. The van der Waals surface area contributed by atoms with Crippen LogP contribution in [0.1, 0.15) is 12.8 Å². The lowest BCUT2D eigenvalue weighted by atomic mass is 9.99. The summed E-state index contributed by atoms with van der Waals surface area (Å²) in [6, 6.07) is 9.09. The quantitative estimate of drug-likeness (QED) is 0.386. The summed E-state index contributed by atoms with van der Waals surface area (Å²) in [7, 11) is 3.00. The van der Waals surface area contributed by atoms with Crippen molar-refractivity contribution in [3.05, 3.63) is 48.4 Å². The topological polar surface area (TPSA) is 125 Å². The van der Waals surface area contributed by atoms with Gasteiger partial charge in [-0.15, -0.1) is 0 Å². The molecule has 3 aromatic rings. The highest BCUT2D eigenvalue weighted by Crippen LogP contribution is 2.38. The zero-order valence-electron chi connectivity index (χ0n) is 21.4. The van der Waals surface area contributed by atoms with Gasteiger partial charge in [0.15, 0.2) is 23.1 Å². The maximum Gasteiger partial charge on any atom is 0.316 e. The average molecular weight is 527 g/mol. The van der Waals surface area contributed by atoms with Crippen LogP contribution in [0.4, 0.5) is 10.1 Å². The molecular formula is C27H31FN4O6. The number of benzene rings is 2. The highest BCUT2D eigenvalue weighted by atomic mass is 19.1. The third kappa shape index (κ3) is 6.29. The van der Waals surface area contributed by atoms with Crippen molar-refractivity contribution in [2.45, 2.75) is 12.8 Å². The first kappa shape index (κ1) is 27.1. The van der Waals surface area contributed by atoms with Gasteiger partial charge in [-0.2, -0.15) is 0 Å². The molecule has 2 heterocycles. The van der Waals surface area contributed by atoms with Gasteiger partial charge in [0.1, 0.15) is 5.75 Å². The van der Waals surface area contributed by atoms with Crippen LogP contribution in [0.3, 0.4) is 0 Å². The molecule has 0 atom stereocenters. The smallest absolute Gasteiger partial charge is 0.316 e. The van der Waals surface area contributed by atoms with E-state index >= 15 is 4.39 Å². The number of nitrogens with two attached hydrogens (primary N) is 1. The van der Waals surface area contributed by atoms with Crippen molar-refractivity contribution in [3.63, 3.8) is 0 Å². The van der Waals surface area contributed by atoms with Crippen molar-refractivity contribution < 1.29 is 32.9 Å². The van der Waals surface area contributed by atoms with Crippen molar-refractivity contribution in [2.24, 2.45) is 11.7 Å². The molecule has 2 amide bonds. The highest BCUT2D eigenvalue weighted by Gasteiger charge is 2.22. The number of rotatable bonds is 10. The lowest BCUT2D eigenvalue weighted by Gasteiger charge is -2.23. The molecule has 0 unspecified atom stereocenters. The van der Waals surface area contributed by atoms with Crippen LogP contribution >= 0.6 is 0 Å². The zero-order valence-corrected chi connectivity index (χ0v) is 21.4. The summed E-state index contributed by atoms with van der Waals surface area (Å²) in [5, 5.41) is 3.95. The summed E-state index contributed by atoms with van der Waals surface area (Å²) < 4.78 is 37.6. The molecule has 2 aromatic carbocycles. The predicted molar refractivity (Wildman–Crippen MR) is 139 cm³/mol. The van der Waals surface area contributed by atoms with Gasteiger partial charge >= 0.3 is 11.8 Å². The third-order valence-corrected chi connectivity index (χ3v) is 6.34. The maximum atomic E-state index is 15.1. The molecule has 0 spiro atoms. The number of aromatic nitrogens is 1. The molecule has 10 nitrogen and oxygen atoms in total. The van der Waals surface area contributed by atoms with E-state index in [0.29, 0.717) is 40.7 Å². The Hall–Kier alpha value is -3.96. The third-order valence-electron chi connectivity index (χ3n) is 6.34. The molecule has 4 rings (SSSR count). The van der Waals surface area contributed by atoms with Crippen molar-refractivity contribution in [1.82, 2.24) is 10.3 Å². The number of methoxy groups -OCH3 is 2. The van der Waals surface area contributed by atoms with Crippen molar-refractivity contribution in [2.75, 3.05) is 52.0 Å². The number of pyridine rings is 1. The van der Waals surface area contributed by atoms with Gasteiger partial charge in [-0.3, -0.25) is 14.6 Å². The minimum Gasteiger partial charge on any atom is -0.493 e. The van der Waals surface area contributed by atoms with Gasteiger partial charge in [0.2, 0.25) is 0 Å². The number of anilines is 1. The second-order valence-corrected chi connectivity index (χ2v) is 8.86. The van der Waals surface area contributed by atoms with E-state index in [1.165, 1.54) is 19.2 Å². The van der Waals surface area contributed by atoms with Crippen LogP contribution in [0.25, 0.3) is 10.9 Å². The van der Waals surface area contributed by atoms with E-state index in [-0.39, 0.29) is 24.6 Å². The van der Waals surface area contributed by atoms with Gasteiger partial charge in [-0.05, 0) is 56.1 Å². The molecule has 202 valence electrons. The zero-order chi connectivity index (χ0) is 27.1. The van der Waals surface area contributed by atoms with Crippen LogP contribution in [0, 0.1) is 11.7 Å². The summed E-state index contributed by atoms with van der Waals surface area (Å²) in [4.78, 5) is 29.1. The fourth-order valence-electron chi connectivity index (χ4n) is 4.27. The van der Waals surface area contributed by atoms with Gasteiger partial charge < -0.3 is 34.9 Å². The van der Waals surface area contributed by atoms with E-state index in [1.54, 1.807) is 31.5 Å². The summed E-state index contributed by atoms with van der Waals surface area (Å²) in [6.07, 6.45) is 3.67. The normalized spacial score (nSPS) is 13.8. The highest BCUT2D eigenvalue weighted by molar-refractivity contribution is 6.39. The van der Waals surface area contributed by atoms with Crippen LogP contribution in [0.2, 0.25) is 0 Å². The number of hydrogen-bond donors (Lipinski definition) is 2. The number of hydrogen-bond acceptors (Lipinski definition) is 8. The molecule has 1 saturated heterocycles. The van der Waals surface area contributed by atoms with E-state index in [4.69, 9.17) is 24.7 Å². The SMILES string of the molecule is COCCN(C(=O)C(N)=O)c1ccc(Oc2ccnc3cc(OCC4CCNCC4)c(OC)cc23)c(F)c1. The molecule has 0 aliphatic carbocycles. The van der Waals surface area contributed by atoms with Gasteiger partial charge in [-0.25, -0.2) is 4.39 Å². The molecule has 1 aliphatic rings. The summed E-state index contributed by atoms with van der Waals surface area (Å²) in [6.45, 7) is 2.70. The molecule has 1 aliphatic heterocycles. The molecule has 3 N–H and O–H groups in total. The van der Waals surface area contributed by atoms with Crippen LogP contribution in [-0.4, -0.2) is 63.9 Å². The van der Waals surface area contributed by atoms with E-state index in [0.717, 1.165) is 36.9 Å². The minimum atomic E-state index is -1.15. The molecule has 0 radical (unpaired) electrons. The van der Waals surface area contributed by atoms with Crippen molar-refractivity contribution in [1.29, 1.82) is 0 Å². The molecular weight excluding hydrogens is 495 g/mol. The molecule has 1 aromatic heterocycles. The van der Waals surface area contributed by atoms with E-state index in [9.17, 15) is 9.59 Å². The monoisotopic (exact) mass is 526 g/mol. The Morgan fingerprint density at radius 1 is 1.08 bits per heavy atom. The van der Waals surface area contributed by atoms with Crippen LogP contribution in [0.15, 0.2) is 42.6 Å². The van der Waals surface area contributed by atoms with Gasteiger partial charge in [-0.1, -0.05) is 0 Å². The minimum absolute atomic E-state index is 0.0226. The summed E-state index contributed by atoms with van der Waals surface area (Å²) >= 11 is 0. The molecule has 11 heteroatoms. The fraction of sp³-hybridized carbons (Fsp3) is 0.370. The van der Waals surface area contributed by atoms with Crippen LogP contribution in [-0.2, 0) is 14.3 Å². The summed E-state index contributed by atoms with van der Waals surface area (Å²) in [5.41, 5.74) is 5.88. The van der Waals surface area contributed by atoms with Gasteiger partial charge in [0.05, 0.1) is 25.8 Å². The Labute approximate surface area is 219 Å². The first-order chi connectivity index (χ1) is 18.4. The number of amides is 2. The maximum absolute atomic E-state index is 15.1. The van der Waals surface area contributed by atoms with Crippen LogP contribution < -0.4 is 30.2 Å². The number of piperidine rings is 1. The number of nitrogens with zero attached hydrogens (tertiary/aromatic N) is 2. The summed E-state index contributed by atoms with van der Waals surface area (Å²) in [5.74, 6) is -1.03. The van der Waals surface area contributed by atoms with Crippen LogP contribution in [0.5, 0.6) is 23.0 Å². The number of carbonyl (C=O) groups is 2. The Balaban J connectivity index is 1.58. The molecule has 1 fully saturated rings. The largest absolute Gasteiger partial charge is 0.493 e. The van der Waals surface area contributed by atoms with Crippen molar-refractivity contribution >= 4 is 28.4 Å². The lowest BCUT2D eigenvalue weighted by molar-refractivity contribution is -0.135. The number of nitrogens with one attached hydrogen (secondary N) is 1. The first-order valence-corrected chi connectivity index (χ1v) is 12.3.